The Hall–Kier alpha value is -2.69. The van der Waals surface area contributed by atoms with Crippen molar-refractivity contribution in [3.05, 3.63) is 53.4 Å². The number of unbranched alkanes of at least 4 members (excludes halogenated alkanes) is 4. The maximum Gasteiger partial charge on any atom is 0.110 e. The van der Waals surface area contributed by atoms with Crippen molar-refractivity contribution in [1.29, 1.82) is 0 Å². The Balaban J connectivity index is 2.04. The summed E-state index contributed by atoms with van der Waals surface area (Å²) < 4.78 is 0. The number of pyridine rings is 1. The van der Waals surface area contributed by atoms with Crippen LogP contribution in [-0.2, 0) is 25.7 Å². The maximum absolute atomic E-state index is 5.09. The second-order valence-corrected chi connectivity index (χ2v) is 9.14. The number of nitrogens with zero attached hydrogens (tertiary/aromatic N) is 5. The predicted molar refractivity (Wildman–Crippen MR) is 141 cm³/mol. The van der Waals surface area contributed by atoms with Crippen molar-refractivity contribution >= 4 is 0 Å². The van der Waals surface area contributed by atoms with E-state index in [2.05, 4.69) is 45.9 Å². The van der Waals surface area contributed by atoms with Crippen LogP contribution in [0.15, 0.2) is 30.6 Å². The highest BCUT2D eigenvalue weighted by molar-refractivity contribution is 5.64. The Labute approximate surface area is 205 Å². The summed E-state index contributed by atoms with van der Waals surface area (Å²) in [6, 6.07) is 6.20. The predicted octanol–water partition coefficient (Wildman–Crippen LogP) is 7.37. The third-order valence-electron chi connectivity index (χ3n) is 6.14. The number of hydrogen-bond acceptors (Lipinski definition) is 5. The van der Waals surface area contributed by atoms with Crippen molar-refractivity contribution in [3.63, 3.8) is 0 Å². The van der Waals surface area contributed by atoms with Crippen LogP contribution in [0.2, 0.25) is 0 Å². The molecular formula is C29H41N5. The molecule has 0 aliphatic rings. The van der Waals surface area contributed by atoms with Gasteiger partial charge in [0.05, 0.1) is 34.2 Å². The van der Waals surface area contributed by atoms with Gasteiger partial charge >= 0.3 is 0 Å². The monoisotopic (exact) mass is 459 g/mol. The van der Waals surface area contributed by atoms with Gasteiger partial charge in [-0.25, -0.2) is 15.0 Å². The van der Waals surface area contributed by atoms with Gasteiger partial charge in [-0.1, -0.05) is 59.4 Å². The van der Waals surface area contributed by atoms with Crippen molar-refractivity contribution in [3.8, 4) is 22.8 Å². The van der Waals surface area contributed by atoms with E-state index in [0.717, 1.165) is 123 Å². The van der Waals surface area contributed by atoms with Gasteiger partial charge in [-0.15, -0.1) is 0 Å². The lowest BCUT2D eigenvalue weighted by Gasteiger charge is -2.13. The molecule has 3 rings (SSSR count). The van der Waals surface area contributed by atoms with E-state index < -0.39 is 0 Å². The second-order valence-electron chi connectivity index (χ2n) is 9.14. The van der Waals surface area contributed by atoms with E-state index in [9.17, 15) is 0 Å². The average molecular weight is 460 g/mol. The minimum Gasteiger partial charge on any atom is -0.257 e. The van der Waals surface area contributed by atoms with Crippen LogP contribution in [0, 0.1) is 0 Å². The number of aromatic nitrogens is 5. The molecule has 0 spiro atoms. The van der Waals surface area contributed by atoms with Crippen LogP contribution in [0.4, 0.5) is 0 Å². The summed E-state index contributed by atoms with van der Waals surface area (Å²) in [7, 11) is 0. The summed E-state index contributed by atoms with van der Waals surface area (Å²) in [4.78, 5) is 24.8. The molecule has 0 radical (unpaired) electrons. The molecule has 5 heteroatoms. The van der Waals surface area contributed by atoms with Crippen LogP contribution < -0.4 is 0 Å². The van der Waals surface area contributed by atoms with Gasteiger partial charge in [0.25, 0.3) is 0 Å². The van der Waals surface area contributed by atoms with Crippen molar-refractivity contribution in [2.24, 2.45) is 0 Å². The molecule has 34 heavy (non-hydrogen) atoms. The minimum atomic E-state index is 0.886. The molecule has 0 amide bonds. The van der Waals surface area contributed by atoms with Gasteiger partial charge in [0, 0.05) is 12.4 Å². The van der Waals surface area contributed by atoms with E-state index in [1.54, 1.807) is 0 Å². The highest BCUT2D eigenvalue weighted by atomic mass is 14.9. The van der Waals surface area contributed by atoms with Gasteiger partial charge in [0.15, 0.2) is 0 Å². The zero-order chi connectivity index (χ0) is 24.2. The van der Waals surface area contributed by atoms with E-state index in [1.165, 1.54) is 0 Å². The Kier molecular flexibility index (Phi) is 10.6. The van der Waals surface area contributed by atoms with E-state index in [0.29, 0.717) is 0 Å². The molecule has 0 saturated carbocycles. The molecule has 3 aromatic rings. The number of rotatable bonds is 14. The molecular weight excluding hydrogens is 418 g/mol. The Morgan fingerprint density at radius 3 is 1.35 bits per heavy atom. The molecule has 0 N–H and O–H groups in total. The highest BCUT2D eigenvalue weighted by Crippen LogP contribution is 2.26. The van der Waals surface area contributed by atoms with Crippen molar-refractivity contribution in [1.82, 2.24) is 24.9 Å². The molecule has 0 atom stereocenters. The van der Waals surface area contributed by atoms with Gasteiger partial charge in [-0.2, -0.15) is 0 Å². The van der Waals surface area contributed by atoms with Gasteiger partial charge in [-0.3, -0.25) is 9.97 Å². The maximum atomic E-state index is 5.09. The quantitative estimate of drug-likeness (QED) is 0.252. The fourth-order valence-corrected chi connectivity index (χ4v) is 4.02. The fraction of sp³-hybridized carbons (Fsp3) is 0.552. The Morgan fingerprint density at radius 1 is 0.529 bits per heavy atom. The summed E-state index contributed by atoms with van der Waals surface area (Å²) in [6.45, 7) is 8.84. The third kappa shape index (κ3) is 7.15. The molecule has 0 fully saturated rings. The standard InChI is InChI=1S/C29H41N5/c1-5-9-14-22-20-30-24(16-11-7-3)28(32-22)26-18-13-19-27(34-26)29-25(17-12-8-4)31-21-23(33-29)15-10-6-2/h13,18-21H,5-12,14-17H2,1-4H3. The highest BCUT2D eigenvalue weighted by Gasteiger charge is 2.16. The molecule has 0 saturated heterocycles. The van der Waals surface area contributed by atoms with Gasteiger partial charge in [-0.05, 0) is 63.5 Å². The summed E-state index contributed by atoms with van der Waals surface area (Å²) >= 11 is 0. The molecule has 0 bridgehead atoms. The smallest absolute Gasteiger partial charge is 0.110 e. The first-order valence-corrected chi connectivity index (χ1v) is 13.4. The van der Waals surface area contributed by atoms with Crippen LogP contribution in [0.5, 0.6) is 0 Å². The first-order valence-electron chi connectivity index (χ1n) is 13.4. The third-order valence-corrected chi connectivity index (χ3v) is 6.14. The lowest BCUT2D eigenvalue weighted by atomic mass is 10.1. The van der Waals surface area contributed by atoms with E-state index in [1.807, 2.05) is 12.4 Å². The molecule has 0 unspecified atom stereocenters. The fourth-order valence-electron chi connectivity index (χ4n) is 4.02. The first kappa shape index (κ1) is 25.9. The Bertz CT molecular complexity index is 952. The van der Waals surface area contributed by atoms with Crippen LogP contribution in [0.3, 0.4) is 0 Å². The zero-order valence-electron chi connectivity index (χ0n) is 21.6. The van der Waals surface area contributed by atoms with Crippen LogP contribution in [-0.4, -0.2) is 24.9 Å². The normalized spacial score (nSPS) is 11.2. The van der Waals surface area contributed by atoms with Crippen LogP contribution in [0.1, 0.15) is 102 Å². The van der Waals surface area contributed by atoms with Gasteiger partial charge < -0.3 is 0 Å². The van der Waals surface area contributed by atoms with Crippen molar-refractivity contribution in [2.75, 3.05) is 0 Å². The molecule has 0 aliphatic heterocycles. The first-order chi connectivity index (χ1) is 16.7. The lowest BCUT2D eigenvalue weighted by Crippen LogP contribution is -2.05. The molecule has 3 heterocycles. The summed E-state index contributed by atoms with van der Waals surface area (Å²) in [5.41, 5.74) is 7.81. The molecule has 182 valence electrons. The summed E-state index contributed by atoms with van der Waals surface area (Å²) in [6.07, 6.45) is 16.7. The topological polar surface area (TPSA) is 64.5 Å². The second kappa shape index (κ2) is 13.9. The van der Waals surface area contributed by atoms with Crippen LogP contribution >= 0.6 is 0 Å². The van der Waals surface area contributed by atoms with Crippen LogP contribution in [0.25, 0.3) is 22.8 Å². The lowest BCUT2D eigenvalue weighted by molar-refractivity contribution is 0.748. The molecule has 3 aromatic heterocycles. The molecule has 5 nitrogen and oxygen atoms in total. The largest absolute Gasteiger partial charge is 0.257 e. The van der Waals surface area contributed by atoms with E-state index in [-0.39, 0.29) is 0 Å². The molecule has 0 aromatic carbocycles. The van der Waals surface area contributed by atoms with E-state index >= 15 is 0 Å². The minimum absolute atomic E-state index is 0.886. The zero-order valence-corrected chi connectivity index (χ0v) is 21.6. The summed E-state index contributed by atoms with van der Waals surface area (Å²) in [5.74, 6) is 0. The average Bonchev–Trinajstić information content (AvgIpc) is 2.88. The van der Waals surface area contributed by atoms with Gasteiger partial charge in [0.2, 0.25) is 0 Å². The van der Waals surface area contributed by atoms with Gasteiger partial charge in [0.1, 0.15) is 11.4 Å². The molecule has 0 aliphatic carbocycles. The number of hydrogen-bond donors (Lipinski definition) is 0. The summed E-state index contributed by atoms with van der Waals surface area (Å²) in [5, 5.41) is 0. The van der Waals surface area contributed by atoms with Crippen molar-refractivity contribution < 1.29 is 0 Å². The number of aryl methyl sites for hydroxylation is 4. The SMILES string of the molecule is CCCCc1cnc(CCCC)c(-c2cccc(-c3nc(CCCC)cnc3CCCC)n2)n1. The van der Waals surface area contributed by atoms with E-state index in [4.69, 9.17) is 24.9 Å². The van der Waals surface area contributed by atoms with Crippen molar-refractivity contribution in [2.45, 2.75) is 105 Å². The Morgan fingerprint density at radius 2 is 0.941 bits per heavy atom.